The highest BCUT2D eigenvalue weighted by Crippen LogP contribution is 2.07. The smallest absolute Gasteiger partial charge is 0.314 e. The quantitative estimate of drug-likeness (QED) is 0.198. The Labute approximate surface area is 215 Å². The summed E-state index contributed by atoms with van der Waals surface area (Å²) >= 11 is 0. The Bertz CT molecular complexity index is 793. The molecule has 1 aliphatic heterocycles. The summed E-state index contributed by atoms with van der Waals surface area (Å²) in [6.07, 6.45) is 12.5. The van der Waals surface area contributed by atoms with Gasteiger partial charge in [0.1, 0.15) is 6.61 Å². The second-order valence-corrected chi connectivity index (χ2v) is 8.85. The number of ether oxygens (including phenoxy) is 2. The standard InChI is InChI=1S/C14H22O4.C10H18O.C4H4O3/c1-11(2)5-4-6-12(3)9-10-18-14(17)8-7-13(15)16;1-9(2)5-4-6-10(3)7-8-11;5-3-1-2-4(6)7-3/h5,9H,4,6-8,10H2,1-3H3,(H,15,16);5,7,11H,4,6,8H2,1-3H3;1-2H2/b12-9+;10-7+;. The Balaban J connectivity index is 0. The highest BCUT2D eigenvalue weighted by Gasteiger charge is 2.19. The molecule has 8 nitrogen and oxygen atoms in total. The fraction of sp³-hybridized carbons (Fsp3) is 0.571. The molecule has 1 fully saturated rings. The molecule has 0 aromatic carbocycles. The number of aliphatic hydroxyl groups is 1. The van der Waals surface area contributed by atoms with E-state index in [1.807, 2.05) is 19.1 Å². The molecule has 0 unspecified atom stereocenters. The third-order valence-electron chi connectivity index (χ3n) is 4.60. The Morgan fingerprint density at radius 1 is 0.778 bits per heavy atom. The first-order chi connectivity index (χ1) is 16.9. The lowest BCUT2D eigenvalue weighted by Gasteiger charge is -2.02. The first-order valence-corrected chi connectivity index (χ1v) is 12.2. The fourth-order valence-corrected chi connectivity index (χ4v) is 2.53. The first kappa shape index (κ1) is 35.2. The topological polar surface area (TPSA) is 127 Å². The SMILES string of the molecule is CC(C)=CCC/C(C)=C/CO.CC(C)=CCC/C(C)=C/COC(=O)CCC(=O)O.O=C1CCC(=O)O1. The zero-order chi connectivity index (χ0) is 27.9. The number of aliphatic hydroxyl groups excluding tert-OH is 1. The second kappa shape index (κ2) is 22.5. The van der Waals surface area contributed by atoms with Crippen molar-refractivity contribution in [3.8, 4) is 0 Å². The maximum Gasteiger partial charge on any atom is 0.314 e. The molecule has 0 bridgehead atoms. The molecule has 0 saturated carbocycles. The minimum Gasteiger partial charge on any atom is -0.481 e. The molecule has 1 heterocycles. The number of carboxylic acids is 1. The van der Waals surface area contributed by atoms with Crippen molar-refractivity contribution in [1.82, 2.24) is 0 Å². The van der Waals surface area contributed by atoms with E-state index in [0.29, 0.717) is 0 Å². The lowest BCUT2D eigenvalue weighted by Crippen LogP contribution is -2.07. The molecule has 0 aromatic heterocycles. The largest absolute Gasteiger partial charge is 0.481 e. The van der Waals surface area contributed by atoms with Gasteiger partial charge in [0.15, 0.2) is 0 Å². The molecular weight excluding hydrogens is 464 g/mol. The summed E-state index contributed by atoms with van der Waals surface area (Å²) in [5.74, 6) is -2.25. The molecule has 0 atom stereocenters. The highest BCUT2D eigenvalue weighted by molar-refractivity contribution is 5.92. The predicted molar refractivity (Wildman–Crippen MR) is 140 cm³/mol. The van der Waals surface area contributed by atoms with Crippen LogP contribution in [0.4, 0.5) is 0 Å². The van der Waals surface area contributed by atoms with E-state index >= 15 is 0 Å². The molecule has 1 saturated heterocycles. The fourth-order valence-electron chi connectivity index (χ4n) is 2.53. The Morgan fingerprint density at radius 3 is 1.61 bits per heavy atom. The minimum absolute atomic E-state index is 0.0695. The van der Waals surface area contributed by atoms with Crippen LogP contribution in [0.15, 0.2) is 46.6 Å². The van der Waals surface area contributed by atoms with Gasteiger partial charge in [-0.1, -0.05) is 40.5 Å². The molecule has 0 spiro atoms. The van der Waals surface area contributed by atoms with Gasteiger partial charge < -0.3 is 19.7 Å². The van der Waals surface area contributed by atoms with E-state index in [0.717, 1.165) is 25.7 Å². The summed E-state index contributed by atoms with van der Waals surface area (Å²) in [6.45, 7) is 12.8. The monoisotopic (exact) mass is 508 g/mol. The van der Waals surface area contributed by atoms with Crippen molar-refractivity contribution in [1.29, 1.82) is 0 Å². The molecule has 1 aliphatic rings. The summed E-state index contributed by atoms with van der Waals surface area (Å²) in [5, 5.41) is 16.9. The number of cyclic esters (lactones) is 2. The van der Waals surface area contributed by atoms with Gasteiger partial charge in [-0.15, -0.1) is 0 Å². The molecule has 0 amide bonds. The molecule has 0 radical (unpaired) electrons. The van der Waals surface area contributed by atoms with Gasteiger partial charge in [0.05, 0.1) is 32.3 Å². The van der Waals surface area contributed by atoms with E-state index in [9.17, 15) is 19.2 Å². The maximum absolute atomic E-state index is 11.1. The Morgan fingerprint density at radius 2 is 1.25 bits per heavy atom. The van der Waals surface area contributed by atoms with Gasteiger partial charge in [0.25, 0.3) is 0 Å². The van der Waals surface area contributed by atoms with Crippen LogP contribution in [0.25, 0.3) is 0 Å². The third kappa shape index (κ3) is 27.2. The second-order valence-electron chi connectivity index (χ2n) is 8.85. The normalized spacial score (nSPS) is 12.9. The number of esters is 3. The van der Waals surface area contributed by atoms with E-state index in [-0.39, 0.29) is 38.9 Å². The summed E-state index contributed by atoms with van der Waals surface area (Å²) in [5.41, 5.74) is 5.09. The minimum atomic E-state index is -0.986. The van der Waals surface area contributed by atoms with Crippen molar-refractivity contribution in [2.24, 2.45) is 0 Å². The van der Waals surface area contributed by atoms with E-state index < -0.39 is 23.9 Å². The third-order valence-corrected chi connectivity index (χ3v) is 4.60. The molecule has 36 heavy (non-hydrogen) atoms. The van der Waals surface area contributed by atoms with Crippen molar-refractivity contribution in [3.63, 3.8) is 0 Å². The van der Waals surface area contributed by atoms with Gasteiger partial charge in [-0.3, -0.25) is 19.2 Å². The van der Waals surface area contributed by atoms with E-state index in [4.69, 9.17) is 14.9 Å². The number of allylic oxidation sites excluding steroid dienone is 6. The van der Waals surface area contributed by atoms with Gasteiger partial charge in [0.2, 0.25) is 0 Å². The van der Waals surface area contributed by atoms with Gasteiger partial charge in [-0.2, -0.15) is 0 Å². The van der Waals surface area contributed by atoms with Crippen LogP contribution in [0.2, 0.25) is 0 Å². The number of carboxylic acid groups (broad SMARTS) is 1. The first-order valence-electron chi connectivity index (χ1n) is 12.2. The number of hydrogen-bond acceptors (Lipinski definition) is 7. The summed E-state index contributed by atoms with van der Waals surface area (Å²) in [4.78, 5) is 41.4. The molecule has 0 aromatic rings. The van der Waals surface area contributed by atoms with E-state index in [2.05, 4.69) is 51.5 Å². The van der Waals surface area contributed by atoms with E-state index in [1.165, 1.54) is 22.3 Å². The van der Waals surface area contributed by atoms with Gasteiger partial charge in [0, 0.05) is 0 Å². The van der Waals surface area contributed by atoms with Crippen molar-refractivity contribution in [3.05, 3.63) is 46.6 Å². The van der Waals surface area contributed by atoms with Crippen LogP contribution >= 0.6 is 0 Å². The zero-order valence-corrected chi connectivity index (χ0v) is 22.7. The van der Waals surface area contributed by atoms with Gasteiger partial charge in [-0.05, 0) is 73.3 Å². The lowest BCUT2D eigenvalue weighted by atomic mass is 10.1. The van der Waals surface area contributed by atoms with Crippen LogP contribution in [0.1, 0.15) is 92.9 Å². The Hall–Kier alpha value is -3.00. The molecule has 8 heteroatoms. The summed E-state index contributed by atoms with van der Waals surface area (Å²) < 4.78 is 8.98. The molecule has 204 valence electrons. The number of carbonyl (C=O) groups excluding carboxylic acids is 3. The van der Waals surface area contributed by atoms with Crippen LogP contribution in [0.3, 0.4) is 0 Å². The summed E-state index contributed by atoms with van der Waals surface area (Å²) in [6, 6.07) is 0. The molecule has 1 rings (SSSR count). The van der Waals surface area contributed by atoms with Crippen LogP contribution < -0.4 is 0 Å². The van der Waals surface area contributed by atoms with Crippen LogP contribution in [-0.2, 0) is 28.7 Å². The molecule has 0 aliphatic carbocycles. The number of hydrogen-bond donors (Lipinski definition) is 2. The van der Waals surface area contributed by atoms with Crippen molar-refractivity contribution < 1.29 is 38.9 Å². The molecular formula is C28H44O8. The number of rotatable bonds is 12. The zero-order valence-electron chi connectivity index (χ0n) is 22.7. The van der Waals surface area contributed by atoms with Crippen molar-refractivity contribution in [2.75, 3.05) is 13.2 Å². The number of carbonyl (C=O) groups is 4. The average Bonchev–Trinajstić information content (AvgIpc) is 3.15. The van der Waals surface area contributed by atoms with Crippen LogP contribution in [0.5, 0.6) is 0 Å². The number of aliphatic carboxylic acids is 1. The van der Waals surface area contributed by atoms with Gasteiger partial charge in [-0.25, -0.2) is 0 Å². The lowest BCUT2D eigenvalue weighted by molar-refractivity contribution is -0.152. The average molecular weight is 509 g/mol. The van der Waals surface area contributed by atoms with Crippen molar-refractivity contribution in [2.45, 2.75) is 92.9 Å². The summed E-state index contributed by atoms with van der Waals surface area (Å²) in [7, 11) is 0. The predicted octanol–water partition coefficient (Wildman–Crippen LogP) is 5.61. The van der Waals surface area contributed by atoms with Gasteiger partial charge >= 0.3 is 23.9 Å². The van der Waals surface area contributed by atoms with Crippen molar-refractivity contribution >= 4 is 23.9 Å². The maximum atomic E-state index is 11.1. The molecule has 2 N–H and O–H groups in total. The van der Waals surface area contributed by atoms with Crippen LogP contribution in [0, 0.1) is 0 Å². The van der Waals surface area contributed by atoms with Crippen LogP contribution in [-0.4, -0.2) is 47.3 Å². The highest BCUT2D eigenvalue weighted by atomic mass is 16.6. The Kier molecular flexibility index (Phi) is 21.9. The van der Waals surface area contributed by atoms with E-state index in [1.54, 1.807) is 0 Å².